The molecular formula is C13H14ClN3O3. The Labute approximate surface area is 121 Å². The molecule has 0 fully saturated rings. The smallest absolute Gasteiger partial charge is 0.320 e. The number of anilines is 2. The molecule has 1 aliphatic heterocycles. The van der Waals surface area contributed by atoms with E-state index in [2.05, 4.69) is 15.5 Å². The van der Waals surface area contributed by atoms with Gasteiger partial charge in [-0.15, -0.1) is 16.7 Å². The minimum absolute atomic E-state index is 0.333. The SMILES string of the molecule is ClCCc1nnc(Nc2ccc3c(c2)OCCCO3)o1. The summed E-state index contributed by atoms with van der Waals surface area (Å²) in [7, 11) is 0. The fourth-order valence-electron chi connectivity index (χ4n) is 1.85. The van der Waals surface area contributed by atoms with Crippen molar-refractivity contribution >= 4 is 23.3 Å². The molecule has 20 heavy (non-hydrogen) atoms. The largest absolute Gasteiger partial charge is 0.490 e. The molecule has 1 aliphatic rings. The van der Waals surface area contributed by atoms with Crippen molar-refractivity contribution in [3.8, 4) is 11.5 Å². The van der Waals surface area contributed by atoms with Crippen LogP contribution in [-0.2, 0) is 6.42 Å². The molecule has 1 aromatic carbocycles. The number of halogens is 1. The van der Waals surface area contributed by atoms with E-state index >= 15 is 0 Å². The van der Waals surface area contributed by atoms with Crippen LogP contribution in [0.5, 0.6) is 11.5 Å². The molecule has 6 nitrogen and oxygen atoms in total. The number of rotatable bonds is 4. The highest BCUT2D eigenvalue weighted by Gasteiger charge is 2.12. The van der Waals surface area contributed by atoms with Gasteiger partial charge in [0.1, 0.15) is 0 Å². The van der Waals surface area contributed by atoms with E-state index in [-0.39, 0.29) is 0 Å². The lowest BCUT2D eigenvalue weighted by atomic mass is 10.3. The van der Waals surface area contributed by atoms with E-state index in [0.717, 1.165) is 17.9 Å². The predicted octanol–water partition coefficient (Wildman–Crippen LogP) is 2.76. The zero-order valence-electron chi connectivity index (χ0n) is 10.8. The Morgan fingerprint density at radius 1 is 1.15 bits per heavy atom. The van der Waals surface area contributed by atoms with Crippen LogP contribution < -0.4 is 14.8 Å². The van der Waals surface area contributed by atoms with Crippen LogP contribution in [-0.4, -0.2) is 29.3 Å². The fourth-order valence-corrected chi connectivity index (χ4v) is 2.01. The van der Waals surface area contributed by atoms with Crippen molar-refractivity contribution in [3.05, 3.63) is 24.1 Å². The second-order valence-corrected chi connectivity index (χ2v) is 4.65. The van der Waals surface area contributed by atoms with Crippen molar-refractivity contribution in [1.82, 2.24) is 10.2 Å². The Hall–Kier alpha value is -1.95. The number of benzene rings is 1. The molecule has 0 saturated carbocycles. The van der Waals surface area contributed by atoms with Crippen LogP contribution in [0.3, 0.4) is 0 Å². The van der Waals surface area contributed by atoms with E-state index in [1.54, 1.807) is 0 Å². The van der Waals surface area contributed by atoms with Gasteiger partial charge in [0.25, 0.3) is 0 Å². The highest BCUT2D eigenvalue weighted by atomic mass is 35.5. The first-order chi connectivity index (χ1) is 9.85. The maximum Gasteiger partial charge on any atom is 0.320 e. The predicted molar refractivity (Wildman–Crippen MR) is 74.1 cm³/mol. The van der Waals surface area contributed by atoms with Crippen molar-refractivity contribution in [2.45, 2.75) is 12.8 Å². The summed E-state index contributed by atoms with van der Waals surface area (Å²) in [4.78, 5) is 0. The van der Waals surface area contributed by atoms with Gasteiger partial charge in [-0.1, -0.05) is 5.10 Å². The van der Waals surface area contributed by atoms with Gasteiger partial charge in [0.2, 0.25) is 5.89 Å². The zero-order valence-corrected chi connectivity index (χ0v) is 11.5. The molecule has 2 aromatic rings. The van der Waals surface area contributed by atoms with Gasteiger partial charge >= 0.3 is 6.01 Å². The molecule has 0 saturated heterocycles. The Balaban J connectivity index is 1.75. The number of alkyl halides is 1. The highest BCUT2D eigenvalue weighted by Crippen LogP contribution is 2.33. The van der Waals surface area contributed by atoms with Crippen LogP contribution in [0.2, 0.25) is 0 Å². The Morgan fingerprint density at radius 3 is 2.85 bits per heavy atom. The Kier molecular flexibility index (Phi) is 3.92. The number of nitrogens with zero attached hydrogens (tertiary/aromatic N) is 2. The zero-order chi connectivity index (χ0) is 13.8. The molecule has 0 bridgehead atoms. The lowest BCUT2D eigenvalue weighted by Crippen LogP contribution is -1.97. The van der Waals surface area contributed by atoms with E-state index < -0.39 is 0 Å². The lowest BCUT2D eigenvalue weighted by Gasteiger charge is -2.09. The van der Waals surface area contributed by atoms with Crippen LogP contribution in [0.1, 0.15) is 12.3 Å². The van der Waals surface area contributed by atoms with Crippen molar-refractivity contribution < 1.29 is 13.9 Å². The molecular weight excluding hydrogens is 282 g/mol. The molecule has 7 heteroatoms. The second kappa shape index (κ2) is 6.00. The summed E-state index contributed by atoms with van der Waals surface area (Å²) in [5, 5.41) is 10.8. The Bertz CT molecular complexity index is 588. The third-order valence-corrected chi connectivity index (χ3v) is 2.96. The number of aromatic nitrogens is 2. The number of fused-ring (bicyclic) bond motifs is 1. The van der Waals surface area contributed by atoms with E-state index in [0.29, 0.717) is 43.2 Å². The van der Waals surface area contributed by atoms with Gasteiger partial charge in [0.05, 0.1) is 13.2 Å². The lowest BCUT2D eigenvalue weighted by molar-refractivity contribution is 0.297. The minimum atomic E-state index is 0.333. The standard InChI is InChI=1S/C13H14ClN3O3/c14-5-4-12-16-17-13(20-12)15-9-2-3-10-11(8-9)19-7-1-6-18-10/h2-3,8H,1,4-7H2,(H,15,17). The van der Waals surface area contributed by atoms with E-state index in [9.17, 15) is 0 Å². The van der Waals surface area contributed by atoms with Crippen LogP contribution in [0.15, 0.2) is 22.6 Å². The van der Waals surface area contributed by atoms with Crippen molar-refractivity contribution in [2.75, 3.05) is 24.4 Å². The van der Waals surface area contributed by atoms with Gasteiger partial charge in [-0.3, -0.25) is 0 Å². The third-order valence-electron chi connectivity index (χ3n) is 2.77. The normalized spacial score (nSPS) is 13.8. The maximum atomic E-state index is 5.62. The summed E-state index contributed by atoms with van der Waals surface area (Å²) < 4.78 is 16.6. The van der Waals surface area contributed by atoms with Gasteiger partial charge in [0.15, 0.2) is 11.5 Å². The third kappa shape index (κ3) is 2.96. The van der Waals surface area contributed by atoms with Crippen LogP contribution in [0.25, 0.3) is 0 Å². The van der Waals surface area contributed by atoms with Crippen LogP contribution in [0, 0.1) is 0 Å². The van der Waals surface area contributed by atoms with Gasteiger partial charge in [-0.2, -0.15) is 0 Å². The molecule has 0 unspecified atom stereocenters. The number of hydrogen-bond donors (Lipinski definition) is 1. The molecule has 3 rings (SSSR count). The van der Waals surface area contributed by atoms with Gasteiger partial charge < -0.3 is 19.2 Å². The number of hydrogen-bond acceptors (Lipinski definition) is 6. The summed E-state index contributed by atoms with van der Waals surface area (Å²) >= 11 is 5.62. The number of aryl methyl sites for hydroxylation is 1. The molecule has 2 heterocycles. The van der Waals surface area contributed by atoms with Crippen LogP contribution >= 0.6 is 11.6 Å². The molecule has 106 valence electrons. The first-order valence-corrected chi connectivity index (χ1v) is 6.93. The maximum absolute atomic E-state index is 5.62. The average molecular weight is 296 g/mol. The molecule has 0 spiro atoms. The molecule has 1 N–H and O–H groups in total. The molecule has 0 amide bonds. The summed E-state index contributed by atoms with van der Waals surface area (Å²) in [5.41, 5.74) is 0.801. The van der Waals surface area contributed by atoms with E-state index in [1.165, 1.54) is 0 Å². The summed E-state index contributed by atoms with van der Waals surface area (Å²) in [5.74, 6) is 2.43. The van der Waals surface area contributed by atoms with Gasteiger partial charge in [-0.05, 0) is 12.1 Å². The molecule has 1 aromatic heterocycles. The molecule has 0 radical (unpaired) electrons. The second-order valence-electron chi connectivity index (χ2n) is 4.28. The first-order valence-electron chi connectivity index (χ1n) is 6.40. The molecule has 0 atom stereocenters. The van der Waals surface area contributed by atoms with Crippen molar-refractivity contribution in [3.63, 3.8) is 0 Å². The average Bonchev–Trinajstić information content (AvgIpc) is 2.75. The fraction of sp³-hybridized carbons (Fsp3) is 0.385. The summed E-state index contributed by atoms with van der Waals surface area (Å²) in [6, 6.07) is 5.92. The highest BCUT2D eigenvalue weighted by molar-refractivity contribution is 6.17. The number of ether oxygens (including phenoxy) is 2. The quantitative estimate of drug-likeness (QED) is 0.875. The Morgan fingerprint density at radius 2 is 2.00 bits per heavy atom. The van der Waals surface area contributed by atoms with E-state index in [4.69, 9.17) is 25.5 Å². The number of nitrogens with one attached hydrogen (secondary N) is 1. The summed E-state index contributed by atoms with van der Waals surface area (Å²) in [6.45, 7) is 1.32. The van der Waals surface area contributed by atoms with Crippen molar-refractivity contribution in [2.24, 2.45) is 0 Å². The summed E-state index contributed by atoms with van der Waals surface area (Å²) in [6.07, 6.45) is 1.43. The van der Waals surface area contributed by atoms with E-state index in [1.807, 2.05) is 18.2 Å². The monoisotopic (exact) mass is 295 g/mol. The van der Waals surface area contributed by atoms with Crippen LogP contribution in [0.4, 0.5) is 11.7 Å². The molecule has 0 aliphatic carbocycles. The minimum Gasteiger partial charge on any atom is -0.490 e. The van der Waals surface area contributed by atoms with Crippen molar-refractivity contribution in [1.29, 1.82) is 0 Å². The topological polar surface area (TPSA) is 69.4 Å². The first kappa shape index (κ1) is 13.1. The van der Waals surface area contributed by atoms with Gasteiger partial charge in [0, 0.05) is 30.5 Å². The van der Waals surface area contributed by atoms with Gasteiger partial charge in [-0.25, -0.2) is 0 Å².